The van der Waals surface area contributed by atoms with E-state index < -0.39 is 6.10 Å². The lowest BCUT2D eigenvalue weighted by Crippen LogP contribution is -2.31. The first kappa shape index (κ1) is 7.18. The monoisotopic (exact) mass is 142 g/mol. The van der Waals surface area contributed by atoms with Crippen LogP contribution in [0.25, 0.3) is 0 Å². The van der Waals surface area contributed by atoms with Crippen molar-refractivity contribution in [1.82, 2.24) is 0 Å². The van der Waals surface area contributed by atoms with Crippen LogP contribution >= 0.6 is 0 Å². The van der Waals surface area contributed by atoms with Crippen LogP contribution in [0.4, 0.5) is 0 Å². The van der Waals surface area contributed by atoms with E-state index in [1.165, 1.54) is 0 Å². The zero-order valence-electron chi connectivity index (χ0n) is 6.29. The van der Waals surface area contributed by atoms with Crippen LogP contribution in [-0.4, -0.2) is 12.0 Å². The second-order valence-electron chi connectivity index (χ2n) is 3.37. The van der Waals surface area contributed by atoms with Crippen LogP contribution in [0.5, 0.6) is 0 Å². The summed E-state index contributed by atoms with van der Waals surface area (Å²) >= 11 is 0. The number of amides is 1. The Kier molecular flexibility index (Phi) is 1.46. The van der Waals surface area contributed by atoms with E-state index in [9.17, 15) is 4.79 Å². The van der Waals surface area contributed by atoms with Crippen molar-refractivity contribution >= 4 is 5.91 Å². The van der Waals surface area contributed by atoms with Gasteiger partial charge in [0.2, 0.25) is 6.10 Å². The van der Waals surface area contributed by atoms with E-state index in [0.29, 0.717) is 0 Å². The van der Waals surface area contributed by atoms with Gasteiger partial charge < -0.3 is 4.84 Å². The molecule has 0 saturated carbocycles. The van der Waals surface area contributed by atoms with Crippen LogP contribution < -0.4 is 0 Å². The van der Waals surface area contributed by atoms with Crippen molar-refractivity contribution in [2.24, 2.45) is 15.8 Å². The van der Waals surface area contributed by atoms with E-state index in [1.54, 1.807) is 0 Å². The molecule has 0 fully saturated rings. The lowest BCUT2D eigenvalue weighted by atomic mass is 9.89. The molecule has 0 bridgehead atoms. The van der Waals surface area contributed by atoms with E-state index in [1.807, 2.05) is 20.8 Å². The molecule has 1 amide bonds. The highest BCUT2D eigenvalue weighted by atomic mass is 16.7. The van der Waals surface area contributed by atoms with Crippen molar-refractivity contribution in [3.63, 3.8) is 0 Å². The number of hydrogen-bond acceptors (Lipinski definition) is 3. The van der Waals surface area contributed by atoms with Crippen LogP contribution in [0.15, 0.2) is 10.4 Å². The fourth-order valence-corrected chi connectivity index (χ4v) is 0.737. The van der Waals surface area contributed by atoms with Gasteiger partial charge in [0.05, 0.1) is 0 Å². The highest BCUT2D eigenvalue weighted by molar-refractivity contribution is 5.82. The Morgan fingerprint density at radius 2 is 2.10 bits per heavy atom. The minimum atomic E-state index is -0.493. The maximum Gasteiger partial charge on any atom is 0.311 e. The first-order valence-electron chi connectivity index (χ1n) is 3.12. The summed E-state index contributed by atoms with van der Waals surface area (Å²) in [4.78, 5) is 15.6. The van der Waals surface area contributed by atoms with Gasteiger partial charge in [0.15, 0.2) is 0 Å². The molecule has 0 radical (unpaired) electrons. The van der Waals surface area contributed by atoms with Crippen molar-refractivity contribution in [2.45, 2.75) is 26.9 Å². The Morgan fingerprint density at radius 1 is 1.50 bits per heavy atom. The summed E-state index contributed by atoms with van der Waals surface area (Å²) in [6, 6.07) is 0. The van der Waals surface area contributed by atoms with Gasteiger partial charge in [0.1, 0.15) is 0 Å². The highest BCUT2D eigenvalue weighted by Crippen LogP contribution is 2.26. The standard InChI is InChI=1S/C6H10N2O2/c1-6(2,3)4-5(9)7-8-10-4/h4H,1-3H3. The molecule has 0 aromatic rings. The molecule has 0 aliphatic carbocycles. The highest BCUT2D eigenvalue weighted by Gasteiger charge is 2.37. The Morgan fingerprint density at radius 3 is 2.30 bits per heavy atom. The van der Waals surface area contributed by atoms with Crippen LogP contribution in [-0.2, 0) is 9.63 Å². The quantitative estimate of drug-likeness (QED) is 0.512. The number of rotatable bonds is 0. The number of hydrogen-bond donors (Lipinski definition) is 0. The van der Waals surface area contributed by atoms with Crippen LogP contribution in [0.2, 0.25) is 0 Å². The van der Waals surface area contributed by atoms with Gasteiger partial charge in [-0.25, -0.2) is 0 Å². The van der Waals surface area contributed by atoms with E-state index >= 15 is 0 Å². The second-order valence-corrected chi connectivity index (χ2v) is 3.37. The first-order chi connectivity index (χ1) is 4.52. The zero-order chi connectivity index (χ0) is 7.78. The fourth-order valence-electron chi connectivity index (χ4n) is 0.737. The van der Waals surface area contributed by atoms with E-state index in [-0.39, 0.29) is 11.3 Å². The van der Waals surface area contributed by atoms with Crippen molar-refractivity contribution in [3.8, 4) is 0 Å². The predicted molar refractivity (Wildman–Crippen MR) is 34.2 cm³/mol. The summed E-state index contributed by atoms with van der Waals surface area (Å²) in [5.74, 6) is -0.285. The van der Waals surface area contributed by atoms with Crippen LogP contribution in [0.1, 0.15) is 20.8 Å². The lowest BCUT2D eigenvalue weighted by molar-refractivity contribution is -0.129. The second kappa shape index (κ2) is 2.04. The molecule has 0 saturated heterocycles. The van der Waals surface area contributed by atoms with Gasteiger partial charge >= 0.3 is 5.91 Å². The average molecular weight is 142 g/mol. The lowest BCUT2D eigenvalue weighted by Gasteiger charge is -2.20. The normalized spacial score (nSPS) is 25.1. The summed E-state index contributed by atoms with van der Waals surface area (Å²) in [6.07, 6.45) is -0.493. The molecule has 1 rings (SSSR count). The molecule has 4 heteroatoms. The summed E-state index contributed by atoms with van der Waals surface area (Å²) < 4.78 is 0. The summed E-state index contributed by atoms with van der Waals surface area (Å²) in [7, 11) is 0. The smallest absolute Gasteiger partial charge is 0.311 e. The molecule has 1 heterocycles. The fraction of sp³-hybridized carbons (Fsp3) is 0.833. The molecule has 10 heavy (non-hydrogen) atoms. The van der Waals surface area contributed by atoms with E-state index in [2.05, 4.69) is 10.4 Å². The summed E-state index contributed by atoms with van der Waals surface area (Å²) in [5, 5.41) is 6.44. The predicted octanol–water partition coefficient (Wildman–Crippen LogP) is 1.33. The molecule has 0 aromatic carbocycles. The largest absolute Gasteiger partial charge is 0.365 e. The number of nitrogens with zero attached hydrogens (tertiary/aromatic N) is 2. The average Bonchev–Trinajstić information content (AvgIpc) is 2.11. The maximum atomic E-state index is 10.8. The third kappa shape index (κ3) is 1.15. The van der Waals surface area contributed by atoms with Gasteiger partial charge in [-0.3, -0.25) is 4.79 Å². The van der Waals surface area contributed by atoms with Gasteiger partial charge in [-0.1, -0.05) is 25.9 Å². The van der Waals surface area contributed by atoms with E-state index in [4.69, 9.17) is 4.84 Å². The molecule has 0 aromatic heterocycles. The third-order valence-electron chi connectivity index (χ3n) is 1.30. The van der Waals surface area contributed by atoms with Crippen molar-refractivity contribution in [1.29, 1.82) is 0 Å². The molecule has 0 N–H and O–H groups in total. The van der Waals surface area contributed by atoms with Gasteiger partial charge in [0.25, 0.3) is 0 Å². The van der Waals surface area contributed by atoms with Crippen LogP contribution in [0, 0.1) is 5.41 Å². The van der Waals surface area contributed by atoms with E-state index in [0.717, 1.165) is 0 Å². The van der Waals surface area contributed by atoms with Crippen molar-refractivity contribution in [2.75, 3.05) is 0 Å². The maximum absolute atomic E-state index is 10.8. The third-order valence-corrected chi connectivity index (χ3v) is 1.30. The topological polar surface area (TPSA) is 51.0 Å². The van der Waals surface area contributed by atoms with Gasteiger partial charge in [0, 0.05) is 10.7 Å². The molecular formula is C6H10N2O2. The number of carbonyl (C=O) groups is 1. The van der Waals surface area contributed by atoms with Gasteiger partial charge in [-0.05, 0) is 0 Å². The van der Waals surface area contributed by atoms with Gasteiger partial charge in [-0.15, -0.1) is 0 Å². The van der Waals surface area contributed by atoms with Crippen molar-refractivity contribution in [3.05, 3.63) is 0 Å². The zero-order valence-corrected chi connectivity index (χ0v) is 6.29. The molecule has 4 nitrogen and oxygen atoms in total. The van der Waals surface area contributed by atoms with Crippen LogP contribution in [0.3, 0.4) is 0 Å². The first-order valence-corrected chi connectivity index (χ1v) is 3.12. The molecular weight excluding hydrogens is 132 g/mol. The SMILES string of the molecule is CC(C)(C)C1ON=NC1=O. The Labute approximate surface area is 59.2 Å². The molecule has 1 aliphatic heterocycles. The minimum Gasteiger partial charge on any atom is -0.365 e. The molecule has 1 atom stereocenters. The minimum absolute atomic E-state index is 0.208. The molecule has 56 valence electrons. The number of carbonyl (C=O) groups excluding carboxylic acids is 1. The molecule has 0 spiro atoms. The molecule has 1 aliphatic rings. The Bertz CT molecular complexity index is 181. The Hall–Kier alpha value is -0.930. The van der Waals surface area contributed by atoms with Crippen molar-refractivity contribution < 1.29 is 9.63 Å². The van der Waals surface area contributed by atoms with Gasteiger partial charge in [-0.2, -0.15) is 0 Å². The molecule has 1 unspecified atom stereocenters. The summed E-state index contributed by atoms with van der Waals surface area (Å²) in [5.41, 5.74) is -0.208. The summed E-state index contributed by atoms with van der Waals surface area (Å²) in [6.45, 7) is 5.73. The Balaban J connectivity index is 2.69.